The zero-order valence-corrected chi connectivity index (χ0v) is 10.1. The second-order valence-corrected chi connectivity index (χ2v) is 5.25. The molecule has 0 spiro atoms. The Morgan fingerprint density at radius 1 is 1.56 bits per heavy atom. The molecule has 0 aromatic carbocycles. The van der Waals surface area contributed by atoms with Crippen molar-refractivity contribution in [1.82, 2.24) is 5.32 Å². The highest BCUT2D eigenvalue weighted by molar-refractivity contribution is 5.08. The van der Waals surface area contributed by atoms with Gasteiger partial charge in [-0.2, -0.15) is 0 Å². The minimum atomic E-state index is -0.907. The summed E-state index contributed by atoms with van der Waals surface area (Å²) in [6, 6.07) is 4.18. The van der Waals surface area contributed by atoms with Crippen molar-refractivity contribution in [2.45, 2.75) is 44.8 Å². The predicted octanol–water partition coefficient (Wildman–Crippen LogP) is 2.27. The van der Waals surface area contributed by atoms with Crippen molar-refractivity contribution in [3.63, 3.8) is 0 Å². The largest absolute Gasteiger partial charge is 0.466 e. The van der Waals surface area contributed by atoms with Crippen molar-refractivity contribution in [3.8, 4) is 0 Å². The van der Waals surface area contributed by atoms with E-state index in [4.69, 9.17) is 4.42 Å². The number of nitrogens with one attached hydrogen (secondary N) is 1. The Kier molecular flexibility index (Phi) is 3.36. The lowest BCUT2D eigenvalue weighted by molar-refractivity contribution is 0.0316. The summed E-state index contributed by atoms with van der Waals surface area (Å²) in [6.45, 7) is 4.63. The number of furan rings is 1. The minimum absolute atomic E-state index is 0.552. The second-order valence-electron chi connectivity index (χ2n) is 5.25. The first-order chi connectivity index (χ1) is 7.58. The topological polar surface area (TPSA) is 45.4 Å². The number of aliphatic hydroxyl groups is 1. The van der Waals surface area contributed by atoms with Crippen molar-refractivity contribution in [2.75, 3.05) is 6.54 Å². The Bertz CT molecular complexity index is 319. The molecule has 1 fully saturated rings. The van der Waals surface area contributed by atoms with Crippen LogP contribution in [0.5, 0.6) is 0 Å². The number of hydrogen-bond acceptors (Lipinski definition) is 3. The third kappa shape index (κ3) is 2.66. The van der Waals surface area contributed by atoms with E-state index in [1.165, 1.54) is 19.3 Å². The van der Waals surface area contributed by atoms with E-state index in [0.717, 1.165) is 5.92 Å². The van der Waals surface area contributed by atoms with Gasteiger partial charge in [0.25, 0.3) is 0 Å². The molecule has 0 bridgehead atoms. The van der Waals surface area contributed by atoms with Gasteiger partial charge in [0.15, 0.2) is 0 Å². The molecule has 1 heterocycles. The van der Waals surface area contributed by atoms with Crippen LogP contribution < -0.4 is 5.32 Å². The van der Waals surface area contributed by atoms with Gasteiger partial charge < -0.3 is 14.8 Å². The van der Waals surface area contributed by atoms with Crippen molar-refractivity contribution < 1.29 is 9.52 Å². The lowest BCUT2D eigenvalue weighted by Gasteiger charge is -2.23. The van der Waals surface area contributed by atoms with E-state index in [2.05, 4.69) is 12.2 Å². The van der Waals surface area contributed by atoms with E-state index in [0.29, 0.717) is 18.3 Å². The van der Waals surface area contributed by atoms with Gasteiger partial charge in [0.1, 0.15) is 11.4 Å². The zero-order chi connectivity index (χ0) is 11.6. The van der Waals surface area contributed by atoms with Crippen molar-refractivity contribution in [2.24, 2.45) is 5.92 Å². The van der Waals surface area contributed by atoms with E-state index in [9.17, 15) is 5.11 Å². The molecule has 3 nitrogen and oxygen atoms in total. The van der Waals surface area contributed by atoms with Crippen LogP contribution in [0.2, 0.25) is 0 Å². The summed E-state index contributed by atoms with van der Waals surface area (Å²) in [7, 11) is 0. The van der Waals surface area contributed by atoms with Gasteiger partial charge in [-0.05, 0) is 44.2 Å². The maximum Gasteiger partial charge on any atom is 0.136 e. The van der Waals surface area contributed by atoms with E-state index >= 15 is 0 Å². The maximum absolute atomic E-state index is 10.2. The summed E-state index contributed by atoms with van der Waals surface area (Å²) in [5, 5.41) is 13.7. The molecule has 0 aliphatic heterocycles. The average molecular weight is 223 g/mol. The SMILES string of the molecule is CC1CCC(NCC(C)(O)c2ccco2)C1. The van der Waals surface area contributed by atoms with Crippen LogP contribution in [-0.4, -0.2) is 17.7 Å². The lowest BCUT2D eigenvalue weighted by atomic mass is 10.0. The average Bonchev–Trinajstić information content (AvgIpc) is 2.85. The van der Waals surface area contributed by atoms with Crippen molar-refractivity contribution in [3.05, 3.63) is 24.2 Å². The molecule has 2 N–H and O–H groups in total. The molecular formula is C13H21NO2. The smallest absolute Gasteiger partial charge is 0.136 e. The molecule has 1 saturated carbocycles. The highest BCUT2D eigenvalue weighted by Gasteiger charge is 2.28. The van der Waals surface area contributed by atoms with Gasteiger partial charge in [-0.25, -0.2) is 0 Å². The molecule has 3 heteroatoms. The Labute approximate surface area is 96.8 Å². The van der Waals surface area contributed by atoms with Crippen LogP contribution in [0.3, 0.4) is 0 Å². The molecule has 0 amide bonds. The molecule has 1 aliphatic carbocycles. The van der Waals surface area contributed by atoms with Gasteiger partial charge in [-0.1, -0.05) is 6.92 Å². The highest BCUT2D eigenvalue weighted by atomic mass is 16.4. The van der Waals surface area contributed by atoms with Gasteiger partial charge in [-0.3, -0.25) is 0 Å². The van der Waals surface area contributed by atoms with Crippen LogP contribution in [0, 0.1) is 5.92 Å². The molecule has 2 rings (SSSR count). The summed E-state index contributed by atoms with van der Waals surface area (Å²) in [4.78, 5) is 0. The fourth-order valence-electron chi connectivity index (χ4n) is 2.41. The molecule has 0 radical (unpaired) electrons. The van der Waals surface area contributed by atoms with Gasteiger partial charge in [-0.15, -0.1) is 0 Å². The first-order valence-corrected chi connectivity index (χ1v) is 6.07. The Balaban J connectivity index is 1.85. The first kappa shape index (κ1) is 11.7. The van der Waals surface area contributed by atoms with Crippen LogP contribution in [0.15, 0.2) is 22.8 Å². The van der Waals surface area contributed by atoms with E-state index < -0.39 is 5.60 Å². The van der Waals surface area contributed by atoms with Gasteiger partial charge >= 0.3 is 0 Å². The quantitative estimate of drug-likeness (QED) is 0.823. The molecular weight excluding hydrogens is 202 g/mol. The lowest BCUT2D eigenvalue weighted by Crippen LogP contribution is -2.39. The van der Waals surface area contributed by atoms with Crippen LogP contribution >= 0.6 is 0 Å². The molecule has 1 aliphatic rings. The summed E-state index contributed by atoms with van der Waals surface area (Å²) < 4.78 is 5.24. The summed E-state index contributed by atoms with van der Waals surface area (Å²) in [5.74, 6) is 1.44. The van der Waals surface area contributed by atoms with Gasteiger partial charge in [0, 0.05) is 12.6 Å². The Morgan fingerprint density at radius 2 is 2.38 bits per heavy atom. The first-order valence-electron chi connectivity index (χ1n) is 6.07. The van der Waals surface area contributed by atoms with Gasteiger partial charge in [0.2, 0.25) is 0 Å². The standard InChI is InChI=1S/C13H21NO2/c1-10-5-6-11(8-10)14-9-13(2,15)12-4-3-7-16-12/h3-4,7,10-11,14-15H,5-6,8-9H2,1-2H3. The minimum Gasteiger partial charge on any atom is -0.466 e. The van der Waals surface area contributed by atoms with E-state index in [1.807, 2.05) is 6.07 Å². The van der Waals surface area contributed by atoms with E-state index in [1.54, 1.807) is 19.3 Å². The summed E-state index contributed by atoms with van der Waals surface area (Å²) in [6.07, 6.45) is 5.33. The Hall–Kier alpha value is -0.800. The summed E-state index contributed by atoms with van der Waals surface area (Å²) >= 11 is 0. The maximum atomic E-state index is 10.2. The summed E-state index contributed by atoms with van der Waals surface area (Å²) in [5.41, 5.74) is -0.907. The van der Waals surface area contributed by atoms with Crippen LogP contribution in [0.25, 0.3) is 0 Å². The molecule has 0 saturated heterocycles. The molecule has 1 aromatic rings. The van der Waals surface area contributed by atoms with Crippen LogP contribution in [0.1, 0.15) is 38.9 Å². The van der Waals surface area contributed by atoms with Crippen LogP contribution in [-0.2, 0) is 5.60 Å². The van der Waals surface area contributed by atoms with Gasteiger partial charge in [0.05, 0.1) is 6.26 Å². The molecule has 3 atom stereocenters. The van der Waals surface area contributed by atoms with E-state index in [-0.39, 0.29) is 0 Å². The normalized spacial score (nSPS) is 29.2. The van der Waals surface area contributed by atoms with Crippen molar-refractivity contribution in [1.29, 1.82) is 0 Å². The predicted molar refractivity (Wildman–Crippen MR) is 63.1 cm³/mol. The fraction of sp³-hybridized carbons (Fsp3) is 0.692. The zero-order valence-electron chi connectivity index (χ0n) is 10.1. The Morgan fingerprint density at radius 3 is 2.94 bits per heavy atom. The molecule has 90 valence electrons. The fourth-order valence-corrected chi connectivity index (χ4v) is 2.41. The molecule has 1 aromatic heterocycles. The number of rotatable bonds is 4. The third-order valence-corrected chi connectivity index (χ3v) is 3.48. The van der Waals surface area contributed by atoms with Crippen molar-refractivity contribution >= 4 is 0 Å². The number of hydrogen-bond donors (Lipinski definition) is 2. The monoisotopic (exact) mass is 223 g/mol. The van der Waals surface area contributed by atoms with Crippen LogP contribution in [0.4, 0.5) is 0 Å². The highest BCUT2D eigenvalue weighted by Crippen LogP contribution is 2.26. The third-order valence-electron chi connectivity index (χ3n) is 3.48. The molecule has 3 unspecified atom stereocenters. The second kappa shape index (κ2) is 4.60. The molecule has 16 heavy (non-hydrogen) atoms.